The molecule has 0 aromatic carbocycles. The zero-order chi connectivity index (χ0) is 19.8. The first-order chi connectivity index (χ1) is 12.7. The Morgan fingerprint density at radius 3 is 2.33 bits per heavy atom. The summed E-state index contributed by atoms with van der Waals surface area (Å²) in [5, 5.41) is 0. The first-order valence-corrected chi connectivity index (χ1v) is 10.4. The second-order valence-corrected chi connectivity index (χ2v) is 9.82. The summed E-state index contributed by atoms with van der Waals surface area (Å²) in [5.74, 6) is 1.40. The van der Waals surface area contributed by atoms with E-state index in [2.05, 4.69) is 33.9 Å². The summed E-state index contributed by atoms with van der Waals surface area (Å²) >= 11 is 0. The van der Waals surface area contributed by atoms with E-state index in [1.165, 1.54) is 32.1 Å². The monoisotopic (exact) mass is 374 g/mol. The van der Waals surface area contributed by atoms with Gasteiger partial charge in [0.15, 0.2) is 0 Å². The van der Waals surface area contributed by atoms with Crippen molar-refractivity contribution in [3.05, 3.63) is 24.8 Å². The van der Waals surface area contributed by atoms with E-state index in [1.54, 1.807) is 0 Å². The number of rotatable bonds is 8. The predicted molar refractivity (Wildman–Crippen MR) is 105 cm³/mol. The SMILES string of the molecule is C=CC(=O)OCCC(=C)C(=O)OC1(CC(C)C)C2CC3CC1CC(C)(C3)C2. The van der Waals surface area contributed by atoms with Gasteiger partial charge in [-0.25, -0.2) is 9.59 Å². The van der Waals surface area contributed by atoms with E-state index in [9.17, 15) is 9.59 Å². The topological polar surface area (TPSA) is 52.6 Å². The van der Waals surface area contributed by atoms with Crippen LogP contribution in [-0.2, 0) is 19.1 Å². The van der Waals surface area contributed by atoms with E-state index in [0.717, 1.165) is 18.4 Å². The lowest BCUT2D eigenvalue weighted by atomic mass is 9.44. The van der Waals surface area contributed by atoms with Crippen LogP contribution in [-0.4, -0.2) is 24.1 Å². The predicted octanol–water partition coefficient (Wildman–Crippen LogP) is 4.84. The van der Waals surface area contributed by atoms with Gasteiger partial charge in [-0.1, -0.05) is 33.9 Å². The Labute approximate surface area is 163 Å². The average molecular weight is 375 g/mol. The molecule has 0 aliphatic heterocycles. The maximum absolute atomic E-state index is 12.9. The van der Waals surface area contributed by atoms with Gasteiger partial charge >= 0.3 is 11.9 Å². The molecule has 4 rings (SSSR count). The number of hydrogen-bond donors (Lipinski definition) is 0. The minimum atomic E-state index is -0.485. The molecule has 0 heterocycles. The molecule has 0 aromatic rings. The molecule has 0 amide bonds. The number of hydrogen-bond acceptors (Lipinski definition) is 4. The van der Waals surface area contributed by atoms with Crippen molar-refractivity contribution in [1.82, 2.24) is 0 Å². The summed E-state index contributed by atoms with van der Waals surface area (Å²) in [6.07, 6.45) is 8.40. The van der Waals surface area contributed by atoms with Crippen molar-refractivity contribution in [2.24, 2.45) is 29.1 Å². The average Bonchev–Trinajstić information content (AvgIpc) is 2.57. The molecule has 4 saturated carbocycles. The highest BCUT2D eigenvalue weighted by atomic mass is 16.6. The van der Waals surface area contributed by atoms with E-state index in [4.69, 9.17) is 9.47 Å². The van der Waals surface area contributed by atoms with E-state index in [0.29, 0.717) is 35.2 Å². The molecule has 150 valence electrons. The molecule has 27 heavy (non-hydrogen) atoms. The third-order valence-corrected chi connectivity index (χ3v) is 6.99. The van der Waals surface area contributed by atoms with Gasteiger partial charge in [0, 0.05) is 18.1 Å². The van der Waals surface area contributed by atoms with Gasteiger partial charge in [-0.05, 0) is 67.6 Å². The summed E-state index contributed by atoms with van der Waals surface area (Å²) < 4.78 is 11.3. The molecule has 0 N–H and O–H groups in total. The van der Waals surface area contributed by atoms with Gasteiger partial charge in [-0.2, -0.15) is 0 Å². The zero-order valence-electron chi connectivity index (χ0n) is 17.1. The van der Waals surface area contributed by atoms with Crippen molar-refractivity contribution in [1.29, 1.82) is 0 Å². The molecule has 2 unspecified atom stereocenters. The smallest absolute Gasteiger partial charge is 0.334 e. The van der Waals surface area contributed by atoms with Crippen LogP contribution >= 0.6 is 0 Å². The Balaban J connectivity index is 1.70. The summed E-state index contributed by atoms with van der Waals surface area (Å²) in [6.45, 7) is 14.2. The van der Waals surface area contributed by atoms with Crippen LogP contribution in [0.25, 0.3) is 0 Å². The standard InChI is InChI=1S/C23H34O4/c1-6-20(24)26-8-7-16(4)21(25)27-23(11-15(2)3)18-9-17-10-19(23)14-22(5,12-17)13-18/h6,15,17-19H,1,4,7-14H2,2-3,5H3. The van der Waals surface area contributed by atoms with Crippen LogP contribution in [0.4, 0.5) is 0 Å². The molecular weight excluding hydrogens is 340 g/mol. The quantitative estimate of drug-likeness (QED) is 0.451. The van der Waals surface area contributed by atoms with E-state index in [-0.39, 0.29) is 18.2 Å². The Bertz CT molecular complexity index is 616. The number of carbonyl (C=O) groups is 2. The minimum Gasteiger partial charge on any atom is -0.462 e. The maximum atomic E-state index is 12.9. The summed E-state index contributed by atoms with van der Waals surface area (Å²) in [5.41, 5.74) is 0.469. The van der Waals surface area contributed by atoms with Crippen molar-refractivity contribution in [3.63, 3.8) is 0 Å². The molecule has 0 radical (unpaired) electrons. The van der Waals surface area contributed by atoms with Crippen molar-refractivity contribution >= 4 is 11.9 Å². The molecule has 4 aliphatic carbocycles. The van der Waals surface area contributed by atoms with Crippen molar-refractivity contribution in [2.45, 2.75) is 71.3 Å². The van der Waals surface area contributed by atoms with Crippen LogP contribution < -0.4 is 0 Å². The van der Waals surface area contributed by atoms with Crippen LogP contribution in [0.3, 0.4) is 0 Å². The van der Waals surface area contributed by atoms with Crippen LogP contribution in [0, 0.1) is 29.1 Å². The summed E-state index contributed by atoms with van der Waals surface area (Å²) in [6, 6.07) is 0. The number of esters is 2. The van der Waals surface area contributed by atoms with Gasteiger partial charge in [-0.15, -0.1) is 0 Å². The fraction of sp³-hybridized carbons (Fsp3) is 0.739. The van der Waals surface area contributed by atoms with Gasteiger partial charge in [0.1, 0.15) is 5.60 Å². The van der Waals surface area contributed by atoms with Gasteiger partial charge in [0.05, 0.1) is 6.61 Å². The molecule has 0 aromatic heterocycles. The lowest BCUT2D eigenvalue weighted by molar-refractivity contribution is -0.225. The normalized spacial score (nSPS) is 36.5. The van der Waals surface area contributed by atoms with Gasteiger partial charge < -0.3 is 9.47 Å². The Morgan fingerprint density at radius 1 is 1.19 bits per heavy atom. The molecule has 2 atom stereocenters. The third-order valence-electron chi connectivity index (χ3n) is 6.99. The lowest BCUT2D eigenvalue weighted by Gasteiger charge is -2.64. The van der Waals surface area contributed by atoms with Gasteiger partial charge in [0.25, 0.3) is 0 Å². The second-order valence-electron chi connectivity index (χ2n) is 9.82. The fourth-order valence-corrected chi connectivity index (χ4v) is 6.31. The van der Waals surface area contributed by atoms with E-state index < -0.39 is 5.97 Å². The Kier molecular flexibility index (Phi) is 5.56. The Morgan fingerprint density at radius 2 is 1.81 bits per heavy atom. The fourth-order valence-electron chi connectivity index (χ4n) is 6.31. The number of ether oxygens (including phenoxy) is 2. The second kappa shape index (κ2) is 7.44. The summed E-state index contributed by atoms with van der Waals surface area (Å²) in [7, 11) is 0. The first-order valence-electron chi connectivity index (χ1n) is 10.4. The zero-order valence-corrected chi connectivity index (χ0v) is 17.1. The maximum Gasteiger partial charge on any atom is 0.334 e. The van der Waals surface area contributed by atoms with Gasteiger partial charge in [0.2, 0.25) is 0 Å². The van der Waals surface area contributed by atoms with Crippen molar-refractivity contribution in [2.75, 3.05) is 6.61 Å². The van der Waals surface area contributed by atoms with Crippen molar-refractivity contribution < 1.29 is 19.1 Å². The van der Waals surface area contributed by atoms with Crippen LogP contribution in [0.2, 0.25) is 0 Å². The van der Waals surface area contributed by atoms with Crippen LogP contribution in [0.5, 0.6) is 0 Å². The highest BCUT2D eigenvalue weighted by Gasteiger charge is 2.62. The number of carbonyl (C=O) groups excluding carboxylic acids is 2. The first kappa shape index (κ1) is 20.2. The molecule has 0 saturated heterocycles. The highest BCUT2D eigenvalue weighted by molar-refractivity contribution is 5.88. The lowest BCUT2D eigenvalue weighted by Crippen LogP contribution is -2.62. The van der Waals surface area contributed by atoms with Gasteiger partial charge in [-0.3, -0.25) is 0 Å². The molecule has 4 bridgehead atoms. The minimum absolute atomic E-state index is 0.128. The Hall–Kier alpha value is -1.58. The molecule has 0 spiro atoms. The molecular formula is C23H34O4. The summed E-state index contributed by atoms with van der Waals surface area (Å²) in [4.78, 5) is 24.0. The van der Waals surface area contributed by atoms with E-state index in [1.807, 2.05) is 0 Å². The highest BCUT2D eigenvalue weighted by Crippen LogP contribution is 2.65. The molecule has 4 nitrogen and oxygen atoms in total. The van der Waals surface area contributed by atoms with E-state index >= 15 is 0 Å². The molecule has 4 heteroatoms. The molecule has 4 aliphatic rings. The van der Waals surface area contributed by atoms with Crippen LogP contribution in [0.15, 0.2) is 24.8 Å². The van der Waals surface area contributed by atoms with Crippen molar-refractivity contribution in [3.8, 4) is 0 Å². The largest absolute Gasteiger partial charge is 0.462 e. The van der Waals surface area contributed by atoms with Crippen LogP contribution in [0.1, 0.15) is 65.7 Å². The molecule has 4 fully saturated rings. The third kappa shape index (κ3) is 4.00.